The Hall–Kier alpha value is -2.99. The van der Waals surface area contributed by atoms with E-state index in [0.717, 1.165) is 39.6 Å². The summed E-state index contributed by atoms with van der Waals surface area (Å²) >= 11 is 1.04. The predicted octanol–water partition coefficient (Wildman–Crippen LogP) is 4.19. The number of carbonyl (C=O) groups is 2. The SMILES string of the molecule is O=C1NC(=O)C(Cc2ccc(OCCOc3cccc4ccccc34)cc2)S1. The number of carbonyl (C=O) groups excluding carboxylic acids is 2. The Bertz CT molecular complexity index is 998. The van der Waals surface area contributed by atoms with Crippen molar-refractivity contribution in [2.24, 2.45) is 0 Å². The molecule has 4 rings (SSSR count). The monoisotopic (exact) mass is 393 g/mol. The van der Waals surface area contributed by atoms with Crippen LogP contribution in [0.15, 0.2) is 66.7 Å². The molecule has 1 aliphatic heterocycles. The average molecular weight is 393 g/mol. The van der Waals surface area contributed by atoms with Crippen molar-refractivity contribution < 1.29 is 19.1 Å². The van der Waals surface area contributed by atoms with Crippen molar-refractivity contribution in [3.05, 3.63) is 72.3 Å². The third-order valence-corrected chi connectivity index (χ3v) is 5.45. The van der Waals surface area contributed by atoms with Gasteiger partial charge in [-0.15, -0.1) is 0 Å². The summed E-state index contributed by atoms with van der Waals surface area (Å²) in [4.78, 5) is 22.9. The molecule has 0 aromatic heterocycles. The van der Waals surface area contributed by atoms with E-state index in [1.54, 1.807) is 0 Å². The van der Waals surface area contributed by atoms with Gasteiger partial charge in [-0.05, 0) is 35.6 Å². The highest BCUT2D eigenvalue weighted by molar-refractivity contribution is 8.15. The summed E-state index contributed by atoms with van der Waals surface area (Å²) in [5, 5.41) is 3.90. The predicted molar refractivity (Wildman–Crippen MR) is 110 cm³/mol. The first-order valence-corrected chi connectivity index (χ1v) is 9.91. The first kappa shape index (κ1) is 18.4. The van der Waals surface area contributed by atoms with E-state index in [9.17, 15) is 9.59 Å². The van der Waals surface area contributed by atoms with Crippen LogP contribution in [0.5, 0.6) is 11.5 Å². The zero-order valence-electron chi connectivity index (χ0n) is 15.1. The lowest BCUT2D eigenvalue weighted by atomic mass is 10.1. The molecule has 1 N–H and O–H groups in total. The Morgan fingerprint density at radius 3 is 2.39 bits per heavy atom. The number of thioether (sulfide) groups is 1. The molecular weight excluding hydrogens is 374 g/mol. The highest BCUT2D eigenvalue weighted by Crippen LogP contribution is 2.25. The summed E-state index contributed by atoms with van der Waals surface area (Å²) in [5.41, 5.74) is 0.988. The topological polar surface area (TPSA) is 64.6 Å². The van der Waals surface area contributed by atoms with Crippen LogP contribution in [0, 0.1) is 0 Å². The van der Waals surface area contributed by atoms with Gasteiger partial charge >= 0.3 is 0 Å². The molecular formula is C22H19NO4S. The molecule has 0 bridgehead atoms. The van der Waals surface area contributed by atoms with Crippen LogP contribution in [0.3, 0.4) is 0 Å². The van der Waals surface area contributed by atoms with E-state index in [1.165, 1.54) is 0 Å². The zero-order chi connectivity index (χ0) is 19.3. The number of nitrogens with one attached hydrogen (secondary N) is 1. The van der Waals surface area contributed by atoms with Crippen LogP contribution in [-0.4, -0.2) is 29.6 Å². The molecule has 28 heavy (non-hydrogen) atoms. The van der Waals surface area contributed by atoms with Crippen molar-refractivity contribution in [3.8, 4) is 11.5 Å². The van der Waals surface area contributed by atoms with Gasteiger partial charge < -0.3 is 9.47 Å². The molecule has 3 aromatic rings. The molecule has 1 heterocycles. The normalized spacial score (nSPS) is 16.2. The number of benzene rings is 3. The number of fused-ring (bicyclic) bond motifs is 1. The first-order valence-electron chi connectivity index (χ1n) is 9.03. The van der Waals surface area contributed by atoms with Crippen LogP contribution in [0.4, 0.5) is 4.79 Å². The average Bonchev–Trinajstić information content (AvgIpc) is 3.03. The molecule has 1 saturated heterocycles. The lowest BCUT2D eigenvalue weighted by molar-refractivity contribution is -0.118. The van der Waals surface area contributed by atoms with Gasteiger partial charge in [-0.1, -0.05) is 60.3 Å². The molecule has 2 amide bonds. The third-order valence-electron chi connectivity index (χ3n) is 4.47. The fourth-order valence-electron chi connectivity index (χ4n) is 3.10. The van der Waals surface area contributed by atoms with Gasteiger partial charge in [0.25, 0.3) is 5.24 Å². The Labute approximate surface area is 167 Å². The maximum Gasteiger partial charge on any atom is 0.286 e. The summed E-state index contributed by atoms with van der Waals surface area (Å²) in [5.74, 6) is 1.37. The largest absolute Gasteiger partial charge is 0.490 e. The first-order chi connectivity index (χ1) is 13.7. The van der Waals surface area contributed by atoms with Gasteiger partial charge in [0.05, 0.1) is 5.25 Å². The Balaban J connectivity index is 1.27. The summed E-state index contributed by atoms with van der Waals surface area (Å²) in [6, 6.07) is 21.7. The van der Waals surface area contributed by atoms with Crippen LogP contribution in [-0.2, 0) is 11.2 Å². The van der Waals surface area contributed by atoms with Crippen molar-refractivity contribution >= 4 is 33.7 Å². The van der Waals surface area contributed by atoms with Gasteiger partial charge in [0.1, 0.15) is 24.7 Å². The van der Waals surface area contributed by atoms with Crippen molar-refractivity contribution in [1.82, 2.24) is 5.32 Å². The minimum Gasteiger partial charge on any atom is -0.490 e. The number of hydrogen-bond acceptors (Lipinski definition) is 5. The second-order valence-electron chi connectivity index (χ2n) is 6.41. The summed E-state index contributed by atoms with van der Waals surface area (Å²) < 4.78 is 11.6. The molecule has 1 aliphatic rings. The number of hydrogen-bond donors (Lipinski definition) is 1. The second kappa shape index (κ2) is 8.35. The molecule has 3 aromatic carbocycles. The molecule has 0 spiro atoms. The molecule has 0 radical (unpaired) electrons. The molecule has 6 heteroatoms. The molecule has 1 atom stereocenters. The molecule has 1 fully saturated rings. The number of imide groups is 1. The standard InChI is InChI=1S/C22H19NO4S/c24-21-20(28-22(25)23-21)14-15-8-10-17(11-9-15)26-12-13-27-19-7-3-5-16-4-1-2-6-18(16)19/h1-11,20H,12-14H2,(H,23,24,25). The van der Waals surface area contributed by atoms with E-state index >= 15 is 0 Å². The van der Waals surface area contributed by atoms with E-state index in [-0.39, 0.29) is 16.4 Å². The van der Waals surface area contributed by atoms with E-state index in [0.29, 0.717) is 19.6 Å². The van der Waals surface area contributed by atoms with Gasteiger partial charge in [0, 0.05) is 5.39 Å². The van der Waals surface area contributed by atoms with Gasteiger partial charge in [0.2, 0.25) is 5.91 Å². The second-order valence-corrected chi connectivity index (χ2v) is 7.58. The summed E-state index contributed by atoms with van der Waals surface area (Å²) in [7, 11) is 0. The third kappa shape index (κ3) is 4.28. The molecule has 0 aliphatic carbocycles. The summed E-state index contributed by atoms with van der Waals surface area (Å²) in [6.45, 7) is 0.870. The zero-order valence-corrected chi connectivity index (χ0v) is 15.9. The van der Waals surface area contributed by atoms with Gasteiger partial charge in [0.15, 0.2) is 0 Å². The molecule has 0 saturated carbocycles. The van der Waals surface area contributed by atoms with Gasteiger partial charge in [-0.25, -0.2) is 0 Å². The minimum atomic E-state index is -0.353. The Morgan fingerprint density at radius 1 is 0.857 bits per heavy atom. The van der Waals surface area contributed by atoms with Crippen molar-refractivity contribution in [1.29, 1.82) is 0 Å². The highest BCUT2D eigenvalue weighted by atomic mass is 32.2. The molecule has 1 unspecified atom stereocenters. The van der Waals surface area contributed by atoms with Gasteiger partial charge in [-0.3, -0.25) is 14.9 Å². The van der Waals surface area contributed by atoms with Crippen molar-refractivity contribution in [3.63, 3.8) is 0 Å². The smallest absolute Gasteiger partial charge is 0.286 e. The van der Waals surface area contributed by atoms with E-state index in [1.807, 2.05) is 54.6 Å². The maximum absolute atomic E-state index is 11.6. The Kier molecular flexibility index (Phi) is 5.48. The number of rotatable bonds is 7. The van der Waals surface area contributed by atoms with Crippen LogP contribution in [0.1, 0.15) is 5.56 Å². The fourth-order valence-corrected chi connectivity index (χ4v) is 3.96. The van der Waals surface area contributed by atoms with Crippen LogP contribution in [0.25, 0.3) is 10.8 Å². The van der Waals surface area contributed by atoms with Gasteiger partial charge in [-0.2, -0.15) is 0 Å². The lowest BCUT2D eigenvalue weighted by Gasteiger charge is -2.11. The van der Waals surface area contributed by atoms with Crippen molar-refractivity contribution in [2.75, 3.05) is 13.2 Å². The minimum absolute atomic E-state index is 0.221. The van der Waals surface area contributed by atoms with Crippen LogP contribution in [0.2, 0.25) is 0 Å². The van der Waals surface area contributed by atoms with Crippen molar-refractivity contribution in [2.45, 2.75) is 11.7 Å². The maximum atomic E-state index is 11.6. The lowest BCUT2D eigenvalue weighted by Crippen LogP contribution is -2.25. The molecule has 5 nitrogen and oxygen atoms in total. The van der Waals surface area contributed by atoms with E-state index in [4.69, 9.17) is 9.47 Å². The number of amides is 2. The summed E-state index contributed by atoms with van der Waals surface area (Å²) in [6.07, 6.45) is 0.521. The quantitative estimate of drug-likeness (QED) is 0.610. The van der Waals surface area contributed by atoms with Crippen LogP contribution < -0.4 is 14.8 Å². The van der Waals surface area contributed by atoms with E-state index < -0.39 is 0 Å². The van der Waals surface area contributed by atoms with E-state index in [2.05, 4.69) is 17.4 Å². The number of ether oxygens (including phenoxy) is 2. The highest BCUT2D eigenvalue weighted by Gasteiger charge is 2.31. The van der Waals surface area contributed by atoms with Crippen LogP contribution >= 0.6 is 11.8 Å². The fraction of sp³-hybridized carbons (Fsp3) is 0.182. The Morgan fingerprint density at radius 2 is 1.61 bits per heavy atom. The molecule has 142 valence electrons.